The number of thiophene rings is 1. The summed E-state index contributed by atoms with van der Waals surface area (Å²) < 4.78 is 5.12. The number of urea groups is 1. The second kappa shape index (κ2) is 7.78. The van der Waals surface area contributed by atoms with E-state index < -0.39 is 5.97 Å². The van der Waals surface area contributed by atoms with Gasteiger partial charge < -0.3 is 10.1 Å². The van der Waals surface area contributed by atoms with Crippen LogP contribution in [0.1, 0.15) is 34.6 Å². The first kappa shape index (κ1) is 17.0. The van der Waals surface area contributed by atoms with E-state index in [4.69, 9.17) is 4.74 Å². The van der Waals surface area contributed by atoms with Crippen LogP contribution in [0.2, 0.25) is 0 Å². The molecule has 2 amide bonds. The molecule has 0 saturated heterocycles. The number of amides is 2. The van der Waals surface area contributed by atoms with E-state index in [9.17, 15) is 9.59 Å². The van der Waals surface area contributed by atoms with Crippen molar-refractivity contribution in [3.8, 4) is 0 Å². The number of hydrogen-bond donors (Lipinski definition) is 2. The van der Waals surface area contributed by atoms with E-state index in [-0.39, 0.29) is 6.03 Å². The monoisotopic (exact) mass is 332 g/mol. The second-order valence-corrected chi connectivity index (χ2v) is 6.08. The second-order valence-electron chi connectivity index (χ2n) is 4.86. The van der Waals surface area contributed by atoms with Crippen LogP contribution in [0.15, 0.2) is 30.3 Å². The van der Waals surface area contributed by atoms with Gasteiger partial charge in [-0.2, -0.15) is 0 Å². The number of rotatable bonds is 5. The van der Waals surface area contributed by atoms with Crippen LogP contribution in [-0.4, -0.2) is 18.6 Å². The first-order valence-electron chi connectivity index (χ1n) is 7.49. The van der Waals surface area contributed by atoms with Crippen LogP contribution in [-0.2, 0) is 11.2 Å². The van der Waals surface area contributed by atoms with Crippen LogP contribution in [0.3, 0.4) is 0 Å². The first-order valence-corrected chi connectivity index (χ1v) is 8.30. The molecule has 2 rings (SSSR count). The van der Waals surface area contributed by atoms with E-state index in [1.165, 1.54) is 11.3 Å². The summed E-state index contributed by atoms with van der Waals surface area (Å²) in [5.74, 6) is -0.399. The van der Waals surface area contributed by atoms with Crippen LogP contribution in [0.4, 0.5) is 15.5 Å². The quantitative estimate of drug-likeness (QED) is 0.795. The van der Waals surface area contributed by atoms with E-state index in [0.717, 1.165) is 10.4 Å². The molecule has 0 unspecified atom stereocenters. The molecule has 2 N–H and O–H groups in total. The maximum atomic E-state index is 12.2. The van der Waals surface area contributed by atoms with E-state index in [1.807, 2.05) is 32.0 Å². The molecule has 5 nitrogen and oxygen atoms in total. The van der Waals surface area contributed by atoms with Crippen LogP contribution in [0, 0.1) is 6.92 Å². The van der Waals surface area contributed by atoms with Gasteiger partial charge in [0.05, 0.1) is 12.2 Å². The SMILES string of the molecule is CCOC(=O)c1c(NC(=O)Nc2ccccc2)sc(C)c1CC. The van der Waals surface area contributed by atoms with Gasteiger partial charge in [-0.25, -0.2) is 9.59 Å². The molecule has 1 aromatic heterocycles. The van der Waals surface area contributed by atoms with E-state index in [0.29, 0.717) is 29.3 Å². The number of aryl methyl sites for hydroxylation is 1. The van der Waals surface area contributed by atoms with Crippen LogP contribution < -0.4 is 10.6 Å². The summed E-state index contributed by atoms with van der Waals surface area (Å²) in [6.45, 7) is 5.97. The molecule has 1 aromatic carbocycles. The van der Waals surface area contributed by atoms with Crippen molar-refractivity contribution in [2.45, 2.75) is 27.2 Å². The number of carbonyl (C=O) groups excluding carboxylic acids is 2. The molecule has 6 heteroatoms. The Bertz CT molecular complexity index is 695. The molecule has 0 saturated carbocycles. The zero-order valence-electron chi connectivity index (χ0n) is 13.4. The molecule has 0 radical (unpaired) electrons. The Morgan fingerprint density at radius 2 is 1.83 bits per heavy atom. The molecular formula is C17H20N2O3S. The largest absolute Gasteiger partial charge is 0.462 e. The summed E-state index contributed by atoms with van der Waals surface area (Å²) in [5.41, 5.74) is 2.07. The molecule has 122 valence electrons. The highest BCUT2D eigenvalue weighted by molar-refractivity contribution is 7.16. The number of anilines is 2. The Kier molecular flexibility index (Phi) is 5.76. The highest BCUT2D eigenvalue weighted by Crippen LogP contribution is 2.34. The van der Waals surface area contributed by atoms with Crippen LogP contribution >= 0.6 is 11.3 Å². The molecule has 0 fully saturated rings. The Morgan fingerprint density at radius 1 is 1.13 bits per heavy atom. The topological polar surface area (TPSA) is 67.4 Å². The van der Waals surface area contributed by atoms with Gasteiger partial charge in [0.2, 0.25) is 0 Å². The van der Waals surface area contributed by atoms with E-state index in [1.54, 1.807) is 19.1 Å². The van der Waals surface area contributed by atoms with E-state index in [2.05, 4.69) is 10.6 Å². The van der Waals surface area contributed by atoms with Crippen LogP contribution in [0.25, 0.3) is 0 Å². The normalized spacial score (nSPS) is 10.2. The smallest absolute Gasteiger partial charge is 0.341 e. The standard InChI is InChI=1S/C17H20N2O3S/c1-4-13-11(3)23-15(14(13)16(20)22-5-2)19-17(21)18-12-9-7-6-8-10-12/h6-10H,4-5H2,1-3H3,(H2,18,19,21). The lowest BCUT2D eigenvalue weighted by Crippen LogP contribution is -2.20. The summed E-state index contributed by atoms with van der Waals surface area (Å²) in [6, 6.07) is 8.75. The first-order chi connectivity index (χ1) is 11.1. The van der Waals surface area contributed by atoms with Gasteiger partial charge in [0.1, 0.15) is 5.00 Å². The number of carbonyl (C=O) groups is 2. The summed E-state index contributed by atoms with van der Waals surface area (Å²) in [6.07, 6.45) is 0.707. The maximum absolute atomic E-state index is 12.2. The zero-order chi connectivity index (χ0) is 16.8. The average molecular weight is 332 g/mol. The molecule has 23 heavy (non-hydrogen) atoms. The fourth-order valence-electron chi connectivity index (χ4n) is 2.30. The minimum absolute atomic E-state index is 0.298. The third-order valence-electron chi connectivity index (χ3n) is 3.30. The van der Waals surface area contributed by atoms with Gasteiger partial charge in [0.15, 0.2) is 0 Å². The van der Waals surface area contributed by atoms with Crippen molar-refractivity contribution >= 4 is 34.0 Å². The van der Waals surface area contributed by atoms with Gasteiger partial charge >= 0.3 is 12.0 Å². The summed E-state index contributed by atoms with van der Waals surface area (Å²) in [7, 11) is 0. The van der Waals surface area contributed by atoms with Gasteiger partial charge in [0.25, 0.3) is 0 Å². The van der Waals surface area contributed by atoms with Crippen molar-refractivity contribution in [2.24, 2.45) is 0 Å². The van der Waals surface area contributed by atoms with Gasteiger partial charge in [-0.3, -0.25) is 5.32 Å². The predicted octanol–water partition coefficient (Wildman–Crippen LogP) is 4.44. The highest BCUT2D eigenvalue weighted by Gasteiger charge is 2.23. The van der Waals surface area contributed by atoms with Crippen molar-refractivity contribution in [1.29, 1.82) is 0 Å². The lowest BCUT2D eigenvalue weighted by atomic mass is 10.1. The Balaban J connectivity index is 2.22. The van der Waals surface area contributed by atoms with Crippen molar-refractivity contribution in [3.05, 3.63) is 46.3 Å². The number of esters is 1. The number of benzene rings is 1. The van der Waals surface area contributed by atoms with Crippen molar-refractivity contribution in [3.63, 3.8) is 0 Å². The van der Waals surface area contributed by atoms with E-state index >= 15 is 0 Å². The van der Waals surface area contributed by atoms with Crippen LogP contribution in [0.5, 0.6) is 0 Å². The maximum Gasteiger partial charge on any atom is 0.341 e. The minimum atomic E-state index is -0.399. The van der Waals surface area contributed by atoms with Gasteiger partial charge in [-0.1, -0.05) is 25.1 Å². The van der Waals surface area contributed by atoms with Crippen molar-refractivity contribution in [2.75, 3.05) is 17.2 Å². The summed E-state index contributed by atoms with van der Waals surface area (Å²) in [4.78, 5) is 25.4. The number of ether oxygens (including phenoxy) is 1. The Hall–Kier alpha value is -2.34. The Morgan fingerprint density at radius 3 is 2.43 bits per heavy atom. The molecular weight excluding hydrogens is 312 g/mol. The average Bonchev–Trinajstić information content (AvgIpc) is 2.83. The van der Waals surface area contributed by atoms with Gasteiger partial charge in [-0.05, 0) is 38.0 Å². The molecule has 1 heterocycles. The number of nitrogens with one attached hydrogen (secondary N) is 2. The zero-order valence-corrected chi connectivity index (χ0v) is 14.3. The lowest BCUT2D eigenvalue weighted by molar-refractivity contribution is 0.0527. The summed E-state index contributed by atoms with van der Waals surface area (Å²) in [5, 5.41) is 6.02. The highest BCUT2D eigenvalue weighted by atomic mass is 32.1. The molecule has 0 spiro atoms. The number of hydrogen-bond acceptors (Lipinski definition) is 4. The van der Waals surface area contributed by atoms with Gasteiger partial charge in [-0.15, -0.1) is 11.3 Å². The molecule has 0 aliphatic rings. The predicted molar refractivity (Wildman–Crippen MR) is 93.5 cm³/mol. The fraction of sp³-hybridized carbons (Fsp3) is 0.294. The van der Waals surface area contributed by atoms with Crippen molar-refractivity contribution < 1.29 is 14.3 Å². The molecule has 0 aliphatic heterocycles. The lowest BCUT2D eigenvalue weighted by Gasteiger charge is -2.09. The van der Waals surface area contributed by atoms with Gasteiger partial charge in [0, 0.05) is 10.6 Å². The molecule has 2 aromatic rings. The number of para-hydroxylation sites is 1. The molecule has 0 aliphatic carbocycles. The third-order valence-corrected chi connectivity index (χ3v) is 4.36. The Labute approximate surface area is 139 Å². The summed E-state index contributed by atoms with van der Waals surface area (Å²) >= 11 is 1.39. The molecule has 0 atom stereocenters. The van der Waals surface area contributed by atoms with Crippen molar-refractivity contribution in [1.82, 2.24) is 0 Å². The fourth-order valence-corrected chi connectivity index (χ4v) is 3.43. The molecule has 0 bridgehead atoms. The third kappa shape index (κ3) is 4.10. The minimum Gasteiger partial charge on any atom is -0.462 e.